The van der Waals surface area contributed by atoms with Crippen LogP contribution in [0, 0.1) is 6.92 Å². The van der Waals surface area contributed by atoms with Gasteiger partial charge in [0.2, 0.25) is 0 Å². The Labute approximate surface area is 121 Å². The number of carbonyl (C=O) groups excluding carboxylic acids is 1. The van der Waals surface area contributed by atoms with Gasteiger partial charge in [-0.3, -0.25) is 4.79 Å². The molecule has 0 spiro atoms. The molecular formula is C16H25NO3. The zero-order valence-corrected chi connectivity index (χ0v) is 13.0. The predicted octanol–water partition coefficient (Wildman–Crippen LogP) is 2.56. The Balaban J connectivity index is 3.01. The summed E-state index contributed by atoms with van der Waals surface area (Å²) in [6.07, 6.45) is 0.481. The number of benzene rings is 1. The van der Waals surface area contributed by atoms with Crippen LogP contribution in [-0.4, -0.2) is 25.7 Å². The van der Waals surface area contributed by atoms with E-state index < -0.39 is 6.04 Å². The quantitative estimate of drug-likeness (QED) is 0.813. The van der Waals surface area contributed by atoms with Gasteiger partial charge in [-0.15, -0.1) is 0 Å². The minimum atomic E-state index is -0.623. The second-order valence-electron chi connectivity index (χ2n) is 5.24. The molecule has 0 fully saturated rings. The lowest BCUT2D eigenvalue weighted by molar-refractivity contribution is -0.144. The molecule has 2 N–H and O–H groups in total. The molecule has 112 valence electrons. The zero-order valence-electron chi connectivity index (χ0n) is 13.0. The number of esters is 1. The second-order valence-corrected chi connectivity index (χ2v) is 5.24. The molecule has 4 heteroatoms. The van der Waals surface area contributed by atoms with Crippen molar-refractivity contribution in [1.82, 2.24) is 0 Å². The molecule has 0 amide bonds. The number of methoxy groups -OCH3 is 1. The van der Waals surface area contributed by atoms with E-state index in [0.717, 1.165) is 22.4 Å². The Morgan fingerprint density at radius 2 is 2.00 bits per heavy atom. The third-order valence-electron chi connectivity index (χ3n) is 3.34. The second kappa shape index (κ2) is 7.29. The van der Waals surface area contributed by atoms with Crippen molar-refractivity contribution in [1.29, 1.82) is 0 Å². The number of nitrogens with two attached hydrogens (primary N) is 1. The van der Waals surface area contributed by atoms with Gasteiger partial charge in [-0.25, -0.2) is 0 Å². The van der Waals surface area contributed by atoms with Crippen molar-refractivity contribution >= 4 is 5.97 Å². The Kier molecular flexibility index (Phi) is 6.02. The number of aryl methyl sites for hydroxylation is 1. The Morgan fingerprint density at radius 1 is 1.35 bits per heavy atom. The number of carbonyl (C=O) groups is 1. The standard InChI is InChI=1S/C16H25NO3/c1-6-20-16(18)14(17)9-12-8-13(10(2)3)15(19-5)7-11(12)4/h7-8,10,14H,6,9,17H2,1-5H3. The SMILES string of the molecule is CCOC(=O)C(N)Cc1cc(C(C)C)c(OC)cc1C. The molecule has 0 aliphatic heterocycles. The molecule has 1 atom stereocenters. The summed E-state index contributed by atoms with van der Waals surface area (Å²) in [6.45, 7) is 8.36. The van der Waals surface area contributed by atoms with Gasteiger partial charge in [-0.2, -0.15) is 0 Å². The van der Waals surface area contributed by atoms with Crippen LogP contribution >= 0.6 is 0 Å². The maximum Gasteiger partial charge on any atom is 0.323 e. The molecule has 0 heterocycles. The van der Waals surface area contributed by atoms with Crippen LogP contribution in [0.15, 0.2) is 12.1 Å². The van der Waals surface area contributed by atoms with E-state index in [9.17, 15) is 4.79 Å². The highest BCUT2D eigenvalue weighted by atomic mass is 16.5. The van der Waals surface area contributed by atoms with E-state index in [1.165, 1.54) is 0 Å². The summed E-state index contributed by atoms with van der Waals surface area (Å²) in [5, 5.41) is 0. The number of rotatable bonds is 6. The summed E-state index contributed by atoms with van der Waals surface area (Å²) >= 11 is 0. The van der Waals surface area contributed by atoms with Gasteiger partial charge in [0, 0.05) is 0 Å². The summed E-state index contributed by atoms with van der Waals surface area (Å²) < 4.78 is 10.4. The van der Waals surface area contributed by atoms with Crippen LogP contribution in [0.2, 0.25) is 0 Å². The van der Waals surface area contributed by atoms with Crippen molar-refractivity contribution in [3.63, 3.8) is 0 Å². The molecule has 0 bridgehead atoms. The van der Waals surface area contributed by atoms with Crippen LogP contribution in [-0.2, 0) is 16.0 Å². The molecule has 0 radical (unpaired) electrons. The molecular weight excluding hydrogens is 254 g/mol. The molecule has 4 nitrogen and oxygen atoms in total. The molecule has 0 saturated carbocycles. The topological polar surface area (TPSA) is 61.5 Å². The van der Waals surface area contributed by atoms with Gasteiger partial charge in [0.05, 0.1) is 13.7 Å². The fourth-order valence-electron chi connectivity index (χ4n) is 2.16. The minimum absolute atomic E-state index is 0.350. The molecule has 1 rings (SSSR count). The highest BCUT2D eigenvalue weighted by Crippen LogP contribution is 2.30. The van der Waals surface area contributed by atoms with Crippen molar-refractivity contribution in [3.8, 4) is 5.75 Å². The van der Waals surface area contributed by atoms with Gasteiger partial charge in [0.25, 0.3) is 0 Å². The lowest BCUT2D eigenvalue weighted by Crippen LogP contribution is -2.34. The molecule has 1 aromatic rings. The molecule has 0 aliphatic carbocycles. The van der Waals surface area contributed by atoms with Crippen LogP contribution in [0.25, 0.3) is 0 Å². The normalized spacial score (nSPS) is 12.3. The summed E-state index contributed by atoms with van der Waals surface area (Å²) in [4.78, 5) is 11.6. The van der Waals surface area contributed by atoms with Crippen molar-refractivity contribution in [2.24, 2.45) is 5.73 Å². The number of hydrogen-bond donors (Lipinski definition) is 1. The Morgan fingerprint density at radius 3 is 2.50 bits per heavy atom. The lowest BCUT2D eigenvalue weighted by Gasteiger charge is -2.18. The van der Waals surface area contributed by atoms with Gasteiger partial charge in [0.1, 0.15) is 11.8 Å². The predicted molar refractivity (Wildman–Crippen MR) is 80.1 cm³/mol. The summed E-state index contributed by atoms with van der Waals surface area (Å²) in [6, 6.07) is 3.46. The van der Waals surface area contributed by atoms with Crippen LogP contribution < -0.4 is 10.5 Å². The maximum atomic E-state index is 11.6. The maximum absolute atomic E-state index is 11.6. The molecule has 20 heavy (non-hydrogen) atoms. The largest absolute Gasteiger partial charge is 0.496 e. The first-order valence-electron chi connectivity index (χ1n) is 7.00. The third-order valence-corrected chi connectivity index (χ3v) is 3.34. The summed E-state index contributed by atoms with van der Waals surface area (Å²) in [5.41, 5.74) is 9.16. The average Bonchev–Trinajstić information content (AvgIpc) is 2.40. The number of ether oxygens (including phenoxy) is 2. The first kappa shape index (κ1) is 16.5. The Hall–Kier alpha value is -1.55. The molecule has 1 unspecified atom stereocenters. The van der Waals surface area contributed by atoms with Crippen LogP contribution in [0.3, 0.4) is 0 Å². The van der Waals surface area contributed by atoms with Gasteiger partial charge in [0.15, 0.2) is 0 Å². The fraction of sp³-hybridized carbons (Fsp3) is 0.562. The van der Waals surface area contributed by atoms with Crippen molar-refractivity contribution < 1.29 is 14.3 Å². The van der Waals surface area contributed by atoms with E-state index in [4.69, 9.17) is 15.2 Å². The first-order valence-corrected chi connectivity index (χ1v) is 7.00. The van der Waals surface area contributed by atoms with Gasteiger partial charge >= 0.3 is 5.97 Å². The summed E-state index contributed by atoms with van der Waals surface area (Å²) in [7, 11) is 1.67. The zero-order chi connectivity index (χ0) is 15.3. The minimum Gasteiger partial charge on any atom is -0.496 e. The van der Waals surface area contributed by atoms with Crippen LogP contribution in [0.5, 0.6) is 5.75 Å². The summed E-state index contributed by atoms with van der Waals surface area (Å²) in [5.74, 6) is 0.878. The van der Waals surface area contributed by atoms with E-state index in [1.54, 1.807) is 14.0 Å². The fourth-order valence-corrected chi connectivity index (χ4v) is 2.16. The van der Waals surface area contributed by atoms with Crippen molar-refractivity contribution in [3.05, 3.63) is 28.8 Å². The molecule has 0 saturated heterocycles. The molecule has 1 aromatic carbocycles. The first-order chi connectivity index (χ1) is 9.40. The monoisotopic (exact) mass is 279 g/mol. The van der Waals surface area contributed by atoms with E-state index in [-0.39, 0.29) is 5.97 Å². The van der Waals surface area contributed by atoms with Crippen LogP contribution in [0.4, 0.5) is 0 Å². The highest BCUT2D eigenvalue weighted by molar-refractivity contribution is 5.76. The van der Waals surface area contributed by atoms with Crippen molar-refractivity contribution in [2.45, 2.75) is 46.1 Å². The molecule has 0 aromatic heterocycles. The number of hydrogen-bond acceptors (Lipinski definition) is 4. The van der Waals surface area contributed by atoms with E-state index in [0.29, 0.717) is 18.9 Å². The highest BCUT2D eigenvalue weighted by Gasteiger charge is 2.18. The van der Waals surface area contributed by atoms with Crippen molar-refractivity contribution in [2.75, 3.05) is 13.7 Å². The van der Waals surface area contributed by atoms with Gasteiger partial charge in [-0.1, -0.05) is 19.9 Å². The van der Waals surface area contributed by atoms with Crippen LogP contribution in [0.1, 0.15) is 43.4 Å². The van der Waals surface area contributed by atoms with E-state index >= 15 is 0 Å². The third kappa shape index (κ3) is 3.97. The van der Waals surface area contributed by atoms with Gasteiger partial charge < -0.3 is 15.2 Å². The lowest BCUT2D eigenvalue weighted by atomic mass is 9.93. The van der Waals surface area contributed by atoms with E-state index in [1.807, 2.05) is 13.0 Å². The van der Waals surface area contributed by atoms with Gasteiger partial charge in [-0.05, 0) is 48.9 Å². The molecule has 0 aliphatic rings. The Bertz CT molecular complexity index is 469. The van der Waals surface area contributed by atoms with E-state index in [2.05, 4.69) is 19.9 Å². The smallest absolute Gasteiger partial charge is 0.323 e. The average molecular weight is 279 g/mol.